The molecule has 0 radical (unpaired) electrons. The number of nitrogens with one attached hydrogen (secondary N) is 1. The van der Waals surface area contributed by atoms with E-state index in [9.17, 15) is 0 Å². The van der Waals surface area contributed by atoms with Crippen molar-refractivity contribution < 1.29 is 4.42 Å². The molecule has 0 fully saturated rings. The second-order valence-electron chi connectivity index (χ2n) is 5.52. The molecular formula is C18H26N2O. The third-order valence-corrected chi connectivity index (χ3v) is 3.62. The lowest BCUT2D eigenvalue weighted by Gasteiger charge is -2.16. The van der Waals surface area contributed by atoms with Crippen LogP contribution in [0.3, 0.4) is 0 Å². The summed E-state index contributed by atoms with van der Waals surface area (Å²) in [5.74, 6) is 1.08. The van der Waals surface area contributed by atoms with E-state index in [0.717, 1.165) is 44.8 Å². The van der Waals surface area contributed by atoms with Gasteiger partial charge in [-0.15, -0.1) is 0 Å². The standard InChI is InChI=1S/C18H26N2O/c1-3-11-19-14-17-10-13-21-18(17)15-20(2)12-9-16-7-5-4-6-8-16/h4-8,10,13,19H,3,9,11-12,14-15H2,1-2H3. The number of nitrogens with zero attached hydrogens (tertiary/aromatic N) is 1. The molecule has 1 heterocycles. The number of hydrogen-bond acceptors (Lipinski definition) is 3. The first-order valence-electron chi connectivity index (χ1n) is 7.78. The normalized spacial score (nSPS) is 11.2. The molecule has 1 aromatic heterocycles. The highest BCUT2D eigenvalue weighted by Gasteiger charge is 2.09. The summed E-state index contributed by atoms with van der Waals surface area (Å²) in [6, 6.07) is 12.7. The predicted octanol–water partition coefficient (Wildman–Crippen LogP) is 3.45. The smallest absolute Gasteiger partial charge is 0.122 e. The van der Waals surface area contributed by atoms with Crippen LogP contribution in [0.1, 0.15) is 30.2 Å². The Kier molecular flexibility index (Phi) is 6.51. The van der Waals surface area contributed by atoms with Gasteiger partial charge in [0.2, 0.25) is 0 Å². The van der Waals surface area contributed by atoms with Crippen molar-refractivity contribution in [2.24, 2.45) is 0 Å². The number of rotatable bonds is 9. The van der Waals surface area contributed by atoms with Gasteiger partial charge in [-0.05, 0) is 38.1 Å². The molecule has 2 aromatic rings. The van der Waals surface area contributed by atoms with E-state index in [1.54, 1.807) is 6.26 Å². The van der Waals surface area contributed by atoms with Crippen molar-refractivity contribution in [3.63, 3.8) is 0 Å². The Balaban J connectivity index is 1.79. The SMILES string of the molecule is CCCNCc1ccoc1CN(C)CCc1ccccc1. The highest BCUT2D eigenvalue weighted by Crippen LogP contribution is 2.13. The van der Waals surface area contributed by atoms with Crippen LogP contribution >= 0.6 is 0 Å². The first kappa shape index (κ1) is 15.8. The van der Waals surface area contributed by atoms with Crippen molar-refractivity contribution in [2.45, 2.75) is 32.9 Å². The molecular weight excluding hydrogens is 260 g/mol. The molecule has 0 aliphatic heterocycles. The van der Waals surface area contributed by atoms with E-state index in [1.807, 2.05) is 0 Å². The summed E-state index contributed by atoms with van der Waals surface area (Å²) in [5.41, 5.74) is 2.66. The fraction of sp³-hybridized carbons (Fsp3) is 0.444. The molecule has 114 valence electrons. The van der Waals surface area contributed by atoms with Gasteiger partial charge < -0.3 is 9.73 Å². The van der Waals surface area contributed by atoms with Crippen LogP contribution in [-0.2, 0) is 19.5 Å². The zero-order chi connectivity index (χ0) is 14.9. The van der Waals surface area contributed by atoms with Crippen molar-refractivity contribution in [2.75, 3.05) is 20.1 Å². The summed E-state index contributed by atoms with van der Waals surface area (Å²) in [7, 11) is 2.15. The molecule has 0 atom stereocenters. The van der Waals surface area contributed by atoms with Crippen molar-refractivity contribution in [1.82, 2.24) is 10.2 Å². The zero-order valence-corrected chi connectivity index (χ0v) is 13.1. The maximum absolute atomic E-state index is 5.64. The number of benzene rings is 1. The molecule has 0 saturated heterocycles. The highest BCUT2D eigenvalue weighted by atomic mass is 16.3. The minimum Gasteiger partial charge on any atom is -0.468 e. The molecule has 3 heteroatoms. The topological polar surface area (TPSA) is 28.4 Å². The molecule has 0 unspecified atom stereocenters. The molecule has 0 amide bonds. The Morgan fingerprint density at radius 2 is 1.95 bits per heavy atom. The average molecular weight is 286 g/mol. The van der Waals surface area contributed by atoms with Crippen LogP contribution in [0.15, 0.2) is 47.1 Å². The average Bonchev–Trinajstić information content (AvgIpc) is 2.94. The van der Waals surface area contributed by atoms with E-state index in [4.69, 9.17) is 4.42 Å². The predicted molar refractivity (Wildman–Crippen MR) is 87.2 cm³/mol. The Bertz CT molecular complexity index is 507. The minimum absolute atomic E-state index is 0.864. The summed E-state index contributed by atoms with van der Waals surface area (Å²) in [6.45, 7) is 6.02. The Hall–Kier alpha value is -1.58. The molecule has 0 saturated carbocycles. The Morgan fingerprint density at radius 1 is 1.14 bits per heavy atom. The van der Waals surface area contributed by atoms with Gasteiger partial charge in [-0.2, -0.15) is 0 Å². The fourth-order valence-electron chi connectivity index (χ4n) is 2.35. The van der Waals surface area contributed by atoms with Crippen LogP contribution in [0.5, 0.6) is 0 Å². The first-order chi connectivity index (χ1) is 10.3. The molecule has 3 nitrogen and oxygen atoms in total. The Morgan fingerprint density at radius 3 is 2.71 bits per heavy atom. The van der Waals surface area contributed by atoms with Crippen molar-refractivity contribution in [3.8, 4) is 0 Å². The maximum Gasteiger partial charge on any atom is 0.122 e. The van der Waals surface area contributed by atoms with Crippen LogP contribution in [0.4, 0.5) is 0 Å². The Labute approximate surface area is 128 Å². The lowest BCUT2D eigenvalue weighted by molar-refractivity contribution is 0.296. The second-order valence-corrected chi connectivity index (χ2v) is 5.52. The highest BCUT2D eigenvalue weighted by molar-refractivity contribution is 5.17. The number of furan rings is 1. The van der Waals surface area contributed by atoms with Crippen molar-refractivity contribution >= 4 is 0 Å². The van der Waals surface area contributed by atoms with Crippen LogP contribution < -0.4 is 5.32 Å². The number of hydrogen-bond donors (Lipinski definition) is 1. The molecule has 21 heavy (non-hydrogen) atoms. The van der Waals surface area contributed by atoms with Gasteiger partial charge in [-0.3, -0.25) is 4.90 Å². The van der Waals surface area contributed by atoms with Crippen molar-refractivity contribution in [1.29, 1.82) is 0 Å². The van der Waals surface area contributed by atoms with Gasteiger partial charge in [-0.25, -0.2) is 0 Å². The molecule has 0 aliphatic carbocycles. The van der Waals surface area contributed by atoms with Gasteiger partial charge in [0.25, 0.3) is 0 Å². The lowest BCUT2D eigenvalue weighted by Crippen LogP contribution is -2.22. The lowest BCUT2D eigenvalue weighted by atomic mass is 10.1. The monoisotopic (exact) mass is 286 g/mol. The van der Waals surface area contributed by atoms with Crippen LogP contribution in [0.25, 0.3) is 0 Å². The summed E-state index contributed by atoms with van der Waals surface area (Å²) < 4.78 is 5.64. The van der Waals surface area contributed by atoms with Gasteiger partial charge in [-0.1, -0.05) is 37.3 Å². The third-order valence-electron chi connectivity index (χ3n) is 3.62. The maximum atomic E-state index is 5.64. The van der Waals surface area contributed by atoms with E-state index in [-0.39, 0.29) is 0 Å². The first-order valence-corrected chi connectivity index (χ1v) is 7.78. The second kappa shape index (κ2) is 8.65. The molecule has 0 bridgehead atoms. The van der Waals surface area contributed by atoms with Crippen LogP contribution in [-0.4, -0.2) is 25.0 Å². The molecule has 2 rings (SSSR count). The largest absolute Gasteiger partial charge is 0.468 e. The molecule has 1 N–H and O–H groups in total. The quantitative estimate of drug-likeness (QED) is 0.716. The molecule has 1 aromatic carbocycles. The summed E-state index contributed by atoms with van der Waals surface area (Å²) in [6.07, 6.45) is 4.02. The number of likely N-dealkylation sites (N-methyl/N-ethyl adjacent to an activating group) is 1. The molecule has 0 spiro atoms. The summed E-state index contributed by atoms with van der Waals surface area (Å²) >= 11 is 0. The summed E-state index contributed by atoms with van der Waals surface area (Å²) in [5, 5.41) is 3.43. The van der Waals surface area contributed by atoms with Gasteiger partial charge in [0.05, 0.1) is 12.8 Å². The van der Waals surface area contributed by atoms with Crippen molar-refractivity contribution in [3.05, 3.63) is 59.5 Å². The van der Waals surface area contributed by atoms with Gasteiger partial charge in [0, 0.05) is 18.7 Å². The molecule has 0 aliphatic rings. The zero-order valence-electron chi connectivity index (χ0n) is 13.1. The van der Waals surface area contributed by atoms with Gasteiger partial charge in [0.1, 0.15) is 5.76 Å². The van der Waals surface area contributed by atoms with Crippen LogP contribution in [0.2, 0.25) is 0 Å². The minimum atomic E-state index is 0.864. The third kappa shape index (κ3) is 5.37. The fourth-order valence-corrected chi connectivity index (χ4v) is 2.35. The van der Waals surface area contributed by atoms with E-state index in [2.05, 4.69) is 60.6 Å². The van der Waals surface area contributed by atoms with Crippen LogP contribution in [0, 0.1) is 0 Å². The van der Waals surface area contributed by atoms with E-state index >= 15 is 0 Å². The van der Waals surface area contributed by atoms with Gasteiger partial charge in [0.15, 0.2) is 0 Å². The van der Waals surface area contributed by atoms with E-state index < -0.39 is 0 Å². The van der Waals surface area contributed by atoms with E-state index in [0.29, 0.717) is 0 Å². The van der Waals surface area contributed by atoms with E-state index in [1.165, 1.54) is 11.1 Å². The van der Waals surface area contributed by atoms with Gasteiger partial charge >= 0.3 is 0 Å². The summed E-state index contributed by atoms with van der Waals surface area (Å²) in [4.78, 5) is 2.31.